The van der Waals surface area contributed by atoms with E-state index in [1.807, 2.05) is 34.7 Å². The largest absolute Gasteiger partial charge is 0.392 e. The molecule has 0 aliphatic carbocycles. The van der Waals surface area contributed by atoms with Crippen molar-refractivity contribution in [2.75, 3.05) is 13.1 Å². The highest BCUT2D eigenvalue weighted by molar-refractivity contribution is 5.93. The van der Waals surface area contributed by atoms with Crippen LogP contribution in [-0.4, -0.2) is 38.8 Å². The van der Waals surface area contributed by atoms with Gasteiger partial charge in [0.15, 0.2) is 0 Å². The van der Waals surface area contributed by atoms with E-state index in [-0.39, 0.29) is 12.5 Å². The summed E-state index contributed by atoms with van der Waals surface area (Å²) in [5, 5.41) is 13.8. The van der Waals surface area contributed by atoms with E-state index in [0.717, 1.165) is 49.3 Å². The Bertz CT molecular complexity index is 764. The molecule has 1 aromatic carbocycles. The van der Waals surface area contributed by atoms with Crippen LogP contribution in [0, 0.1) is 11.8 Å². The van der Waals surface area contributed by atoms with E-state index in [1.165, 1.54) is 5.56 Å². The van der Waals surface area contributed by atoms with Crippen molar-refractivity contribution in [3.05, 3.63) is 52.8 Å². The first kappa shape index (κ1) is 19.6. The Morgan fingerprint density at radius 1 is 1.26 bits per heavy atom. The molecule has 3 rings (SSSR count). The van der Waals surface area contributed by atoms with Crippen LogP contribution in [0.25, 0.3) is 0 Å². The van der Waals surface area contributed by atoms with E-state index in [4.69, 9.17) is 5.11 Å². The third-order valence-corrected chi connectivity index (χ3v) is 5.27. The quantitative estimate of drug-likeness (QED) is 0.815. The molecule has 1 atom stereocenters. The maximum absolute atomic E-state index is 13.0. The molecule has 0 bridgehead atoms. The summed E-state index contributed by atoms with van der Waals surface area (Å²) in [7, 11) is 0. The number of aliphatic hydroxyl groups is 1. The van der Waals surface area contributed by atoms with E-state index < -0.39 is 0 Å². The molecule has 5 heteroatoms. The molecule has 1 aromatic heterocycles. The number of likely N-dealkylation sites (tertiary alicyclic amines) is 1. The summed E-state index contributed by atoms with van der Waals surface area (Å²) in [5.74, 6) is 1.13. The molecule has 1 N–H and O–H groups in total. The topological polar surface area (TPSA) is 58.4 Å². The number of hydrogen-bond acceptors (Lipinski definition) is 3. The Hall–Kier alpha value is -2.14. The number of carbonyl (C=O) groups is 1. The van der Waals surface area contributed by atoms with Gasteiger partial charge in [-0.2, -0.15) is 5.10 Å². The summed E-state index contributed by atoms with van der Waals surface area (Å²) in [6, 6.07) is 10.1. The summed E-state index contributed by atoms with van der Waals surface area (Å²) in [5.41, 5.74) is 3.94. The second-order valence-corrected chi connectivity index (χ2v) is 8.02. The normalized spacial score (nSPS) is 17.1. The third-order valence-electron chi connectivity index (χ3n) is 5.27. The molecule has 0 radical (unpaired) electrons. The van der Waals surface area contributed by atoms with Gasteiger partial charge >= 0.3 is 0 Å². The molecule has 1 fully saturated rings. The summed E-state index contributed by atoms with van der Waals surface area (Å²) < 4.78 is 1.85. The second kappa shape index (κ2) is 8.70. The number of hydrogen-bond donors (Lipinski definition) is 1. The standard InChI is InChI=1S/C22H31N3O2/c1-4-25-21(13-20(23-25)11-16(2)3)22(27)24-10-9-19(14-24)12-17-5-7-18(15-26)8-6-17/h5-8,13,16,19,26H,4,9-12,14-15H2,1-3H3/t19-/m0/s1. The Morgan fingerprint density at radius 2 is 1.96 bits per heavy atom. The van der Waals surface area contributed by atoms with E-state index in [0.29, 0.717) is 18.4 Å². The first-order chi connectivity index (χ1) is 13.0. The monoisotopic (exact) mass is 369 g/mol. The fourth-order valence-electron chi connectivity index (χ4n) is 3.86. The highest BCUT2D eigenvalue weighted by Crippen LogP contribution is 2.23. The molecule has 1 aliphatic heterocycles. The maximum atomic E-state index is 13.0. The van der Waals surface area contributed by atoms with E-state index in [1.54, 1.807) is 0 Å². The van der Waals surface area contributed by atoms with Crippen LogP contribution >= 0.6 is 0 Å². The SMILES string of the molecule is CCn1nc(CC(C)C)cc1C(=O)N1CC[C@@H](Cc2ccc(CO)cc2)C1. The molecule has 2 heterocycles. The van der Waals surface area contributed by atoms with Crippen molar-refractivity contribution in [2.45, 2.75) is 53.2 Å². The lowest BCUT2D eigenvalue weighted by Crippen LogP contribution is -2.30. The van der Waals surface area contributed by atoms with E-state index in [2.05, 4.69) is 31.1 Å². The molecule has 0 saturated carbocycles. The first-order valence-corrected chi connectivity index (χ1v) is 10.0. The number of benzene rings is 1. The Labute approximate surface area is 162 Å². The highest BCUT2D eigenvalue weighted by atomic mass is 16.3. The van der Waals surface area contributed by atoms with Gasteiger partial charge in [0.25, 0.3) is 5.91 Å². The lowest BCUT2D eigenvalue weighted by Gasteiger charge is -2.17. The van der Waals surface area contributed by atoms with Crippen LogP contribution in [0.4, 0.5) is 0 Å². The Kier molecular flexibility index (Phi) is 6.32. The predicted molar refractivity (Wildman–Crippen MR) is 107 cm³/mol. The zero-order valence-corrected chi connectivity index (χ0v) is 16.7. The van der Waals surface area contributed by atoms with Crippen molar-refractivity contribution >= 4 is 5.91 Å². The average molecular weight is 370 g/mol. The van der Waals surface area contributed by atoms with Crippen LogP contribution in [0.2, 0.25) is 0 Å². The summed E-state index contributed by atoms with van der Waals surface area (Å²) in [4.78, 5) is 15.0. The van der Waals surface area contributed by atoms with Crippen molar-refractivity contribution < 1.29 is 9.90 Å². The lowest BCUT2D eigenvalue weighted by molar-refractivity contribution is 0.0775. The number of rotatable bonds is 7. The first-order valence-electron chi connectivity index (χ1n) is 10.0. The van der Waals surface area contributed by atoms with Crippen molar-refractivity contribution in [1.82, 2.24) is 14.7 Å². The number of aliphatic hydroxyl groups excluding tert-OH is 1. The number of aryl methyl sites for hydroxylation is 1. The van der Waals surface area contributed by atoms with Crippen LogP contribution in [0.3, 0.4) is 0 Å². The second-order valence-electron chi connectivity index (χ2n) is 8.02. The molecule has 0 spiro atoms. The van der Waals surface area contributed by atoms with Gasteiger partial charge in [-0.3, -0.25) is 9.48 Å². The molecule has 1 amide bonds. The molecule has 1 aliphatic rings. The van der Waals surface area contributed by atoms with Crippen LogP contribution in [0.5, 0.6) is 0 Å². The Morgan fingerprint density at radius 3 is 2.59 bits per heavy atom. The van der Waals surface area contributed by atoms with Crippen LogP contribution in [0.15, 0.2) is 30.3 Å². The molecular formula is C22H31N3O2. The minimum absolute atomic E-state index is 0.0793. The molecule has 146 valence electrons. The molecule has 27 heavy (non-hydrogen) atoms. The number of carbonyl (C=O) groups excluding carboxylic acids is 1. The Balaban J connectivity index is 1.64. The number of aromatic nitrogens is 2. The molecule has 0 unspecified atom stereocenters. The highest BCUT2D eigenvalue weighted by Gasteiger charge is 2.29. The zero-order valence-electron chi connectivity index (χ0n) is 16.7. The number of nitrogens with zero attached hydrogens (tertiary/aromatic N) is 3. The molecular weight excluding hydrogens is 338 g/mol. The summed E-state index contributed by atoms with van der Waals surface area (Å²) >= 11 is 0. The van der Waals surface area contributed by atoms with Crippen LogP contribution in [0.1, 0.15) is 54.5 Å². The molecule has 1 saturated heterocycles. The molecule has 5 nitrogen and oxygen atoms in total. The van der Waals surface area contributed by atoms with E-state index >= 15 is 0 Å². The average Bonchev–Trinajstić information content (AvgIpc) is 3.28. The van der Waals surface area contributed by atoms with Gasteiger partial charge < -0.3 is 10.0 Å². The van der Waals surface area contributed by atoms with Gasteiger partial charge in [-0.25, -0.2) is 0 Å². The van der Waals surface area contributed by atoms with E-state index in [9.17, 15) is 4.79 Å². The van der Waals surface area contributed by atoms with Gasteiger partial charge in [0.05, 0.1) is 12.3 Å². The van der Waals surface area contributed by atoms with Crippen molar-refractivity contribution in [3.63, 3.8) is 0 Å². The van der Waals surface area contributed by atoms with Crippen molar-refractivity contribution in [2.24, 2.45) is 11.8 Å². The fraction of sp³-hybridized carbons (Fsp3) is 0.545. The third kappa shape index (κ3) is 4.78. The van der Waals surface area contributed by atoms with Crippen LogP contribution < -0.4 is 0 Å². The predicted octanol–water partition coefficient (Wildman–Crippen LogP) is 3.30. The zero-order chi connectivity index (χ0) is 19.4. The summed E-state index contributed by atoms with van der Waals surface area (Å²) in [6.45, 7) is 8.78. The molecule has 2 aromatic rings. The van der Waals surface area contributed by atoms with Gasteiger partial charge in [0.2, 0.25) is 0 Å². The lowest BCUT2D eigenvalue weighted by atomic mass is 9.98. The fourth-order valence-corrected chi connectivity index (χ4v) is 3.86. The summed E-state index contributed by atoms with van der Waals surface area (Å²) in [6.07, 6.45) is 2.91. The van der Waals surface area contributed by atoms with Gasteiger partial charge in [-0.1, -0.05) is 38.1 Å². The maximum Gasteiger partial charge on any atom is 0.272 e. The van der Waals surface area contributed by atoms with Crippen LogP contribution in [-0.2, 0) is 26.0 Å². The van der Waals surface area contributed by atoms with Crippen molar-refractivity contribution in [1.29, 1.82) is 0 Å². The van der Waals surface area contributed by atoms with Gasteiger partial charge in [-0.15, -0.1) is 0 Å². The minimum Gasteiger partial charge on any atom is -0.392 e. The smallest absolute Gasteiger partial charge is 0.272 e. The van der Waals surface area contributed by atoms with Gasteiger partial charge in [-0.05, 0) is 55.2 Å². The van der Waals surface area contributed by atoms with Gasteiger partial charge in [0.1, 0.15) is 5.69 Å². The van der Waals surface area contributed by atoms with Gasteiger partial charge in [0, 0.05) is 19.6 Å². The van der Waals surface area contributed by atoms with Crippen molar-refractivity contribution in [3.8, 4) is 0 Å². The minimum atomic E-state index is 0.0793. The number of amides is 1.